The molecule has 2 fully saturated rings. The SMILES string of the molecule is CS(=O)(=O)c1cncnc1C1CCN([C@@H]2CCCC[C@@H]2O)CC1. The summed E-state index contributed by atoms with van der Waals surface area (Å²) in [5.41, 5.74) is 0.659. The van der Waals surface area contributed by atoms with E-state index in [4.69, 9.17) is 0 Å². The lowest BCUT2D eigenvalue weighted by atomic mass is 9.87. The van der Waals surface area contributed by atoms with Crippen LogP contribution in [-0.2, 0) is 9.84 Å². The normalized spacial score (nSPS) is 27.9. The van der Waals surface area contributed by atoms with E-state index in [0.29, 0.717) is 5.69 Å². The van der Waals surface area contributed by atoms with E-state index in [-0.39, 0.29) is 23.0 Å². The van der Waals surface area contributed by atoms with Gasteiger partial charge < -0.3 is 5.11 Å². The largest absolute Gasteiger partial charge is 0.391 e. The van der Waals surface area contributed by atoms with Gasteiger partial charge in [0.25, 0.3) is 0 Å². The van der Waals surface area contributed by atoms with Gasteiger partial charge in [0, 0.05) is 24.4 Å². The molecule has 2 aliphatic rings. The first-order chi connectivity index (χ1) is 11.0. The second kappa shape index (κ2) is 6.83. The molecule has 0 spiro atoms. The van der Waals surface area contributed by atoms with Crippen LogP contribution >= 0.6 is 0 Å². The predicted octanol–water partition coefficient (Wildman–Crippen LogP) is 1.36. The summed E-state index contributed by atoms with van der Waals surface area (Å²) in [4.78, 5) is 10.8. The van der Waals surface area contributed by atoms with Crippen molar-refractivity contribution in [3.05, 3.63) is 18.2 Å². The van der Waals surface area contributed by atoms with Crippen LogP contribution in [0.5, 0.6) is 0 Å². The summed E-state index contributed by atoms with van der Waals surface area (Å²) >= 11 is 0. The van der Waals surface area contributed by atoms with Crippen molar-refractivity contribution in [3.63, 3.8) is 0 Å². The van der Waals surface area contributed by atoms with Crippen LogP contribution in [0.15, 0.2) is 17.4 Å². The molecule has 1 aromatic heterocycles. The first-order valence-corrected chi connectivity index (χ1v) is 10.3. The lowest BCUT2D eigenvalue weighted by molar-refractivity contribution is 0.00841. The Hall–Kier alpha value is -1.05. The summed E-state index contributed by atoms with van der Waals surface area (Å²) < 4.78 is 23.9. The fraction of sp³-hybridized carbons (Fsp3) is 0.750. The van der Waals surface area contributed by atoms with Crippen LogP contribution in [0.2, 0.25) is 0 Å². The summed E-state index contributed by atoms with van der Waals surface area (Å²) in [5.74, 6) is 0.153. The van der Waals surface area contributed by atoms with Gasteiger partial charge in [-0.15, -0.1) is 0 Å². The van der Waals surface area contributed by atoms with Gasteiger partial charge in [0.2, 0.25) is 0 Å². The average Bonchev–Trinajstić information content (AvgIpc) is 2.55. The van der Waals surface area contributed by atoms with Gasteiger partial charge in [0.15, 0.2) is 9.84 Å². The molecule has 1 saturated heterocycles. The first-order valence-electron chi connectivity index (χ1n) is 8.39. The predicted molar refractivity (Wildman–Crippen MR) is 87.0 cm³/mol. The van der Waals surface area contributed by atoms with Crippen molar-refractivity contribution in [1.29, 1.82) is 0 Å². The van der Waals surface area contributed by atoms with E-state index in [2.05, 4.69) is 14.9 Å². The van der Waals surface area contributed by atoms with Gasteiger partial charge in [0.1, 0.15) is 11.2 Å². The minimum absolute atomic E-state index is 0.153. The molecule has 2 heterocycles. The standard InChI is InChI=1S/C16H25N3O3S/c1-23(21,22)15-10-17-11-18-16(15)12-6-8-19(9-7-12)13-4-2-3-5-14(13)20/h10-14,20H,2-9H2,1H3/t13-,14+/m1/s1. The highest BCUT2D eigenvalue weighted by Crippen LogP contribution is 2.33. The second-order valence-electron chi connectivity index (χ2n) is 6.77. The molecular formula is C16H25N3O3S. The van der Waals surface area contributed by atoms with Crippen LogP contribution in [0, 0.1) is 0 Å². The molecule has 0 aromatic carbocycles. The molecule has 23 heavy (non-hydrogen) atoms. The van der Waals surface area contributed by atoms with E-state index in [1.807, 2.05) is 0 Å². The van der Waals surface area contributed by atoms with Crippen LogP contribution in [0.3, 0.4) is 0 Å². The number of nitrogens with zero attached hydrogens (tertiary/aromatic N) is 3. The fourth-order valence-electron chi connectivity index (χ4n) is 3.94. The maximum absolute atomic E-state index is 11.9. The highest BCUT2D eigenvalue weighted by molar-refractivity contribution is 7.90. The zero-order valence-corrected chi connectivity index (χ0v) is 14.4. The van der Waals surface area contributed by atoms with E-state index in [1.54, 1.807) is 0 Å². The maximum atomic E-state index is 11.9. The Bertz CT molecular complexity index is 642. The van der Waals surface area contributed by atoms with Gasteiger partial charge >= 0.3 is 0 Å². The van der Waals surface area contributed by atoms with Crippen molar-refractivity contribution in [2.24, 2.45) is 0 Å². The van der Waals surface area contributed by atoms with Crippen molar-refractivity contribution in [1.82, 2.24) is 14.9 Å². The van der Waals surface area contributed by atoms with Crippen LogP contribution in [0.1, 0.15) is 50.1 Å². The lowest BCUT2D eigenvalue weighted by Crippen LogP contribution is -2.48. The number of sulfone groups is 1. The number of aliphatic hydroxyl groups excluding tert-OH is 1. The Morgan fingerprint density at radius 2 is 1.87 bits per heavy atom. The van der Waals surface area contributed by atoms with Crippen LogP contribution < -0.4 is 0 Å². The molecule has 1 aliphatic heterocycles. The minimum atomic E-state index is -3.30. The summed E-state index contributed by atoms with van der Waals surface area (Å²) in [5, 5.41) is 10.2. The Labute approximate surface area is 137 Å². The van der Waals surface area contributed by atoms with Gasteiger partial charge in [-0.05, 0) is 38.8 Å². The van der Waals surface area contributed by atoms with E-state index >= 15 is 0 Å². The molecule has 1 saturated carbocycles. The Balaban J connectivity index is 1.70. The van der Waals surface area contributed by atoms with Gasteiger partial charge in [-0.1, -0.05) is 12.8 Å². The van der Waals surface area contributed by atoms with Gasteiger partial charge in [-0.25, -0.2) is 18.4 Å². The molecule has 1 aliphatic carbocycles. The van der Waals surface area contributed by atoms with Crippen molar-refractivity contribution in [3.8, 4) is 0 Å². The number of piperidine rings is 1. The Morgan fingerprint density at radius 1 is 1.17 bits per heavy atom. The van der Waals surface area contributed by atoms with Crippen LogP contribution in [0.25, 0.3) is 0 Å². The summed E-state index contributed by atoms with van der Waals surface area (Å²) in [7, 11) is -3.30. The molecule has 3 rings (SSSR count). The van der Waals surface area contributed by atoms with Crippen molar-refractivity contribution >= 4 is 9.84 Å². The highest BCUT2D eigenvalue weighted by Gasteiger charge is 2.33. The number of likely N-dealkylation sites (tertiary alicyclic amines) is 1. The molecule has 0 amide bonds. The Morgan fingerprint density at radius 3 is 2.52 bits per heavy atom. The second-order valence-corrected chi connectivity index (χ2v) is 8.76. The van der Waals surface area contributed by atoms with Crippen molar-refractivity contribution in [2.45, 2.75) is 61.5 Å². The summed E-state index contributed by atoms with van der Waals surface area (Å²) in [6.07, 6.45) is 9.86. The maximum Gasteiger partial charge on any atom is 0.178 e. The number of rotatable bonds is 3. The summed E-state index contributed by atoms with van der Waals surface area (Å²) in [6.45, 7) is 1.78. The van der Waals surface area contributed by atoms with Crippen LogP contribution in [0.4, 0.5) is 0 Å². The number of aliphatic hydroxyl groups is 1. The van der Waals surface area contributed by atoms with Gasteiger partial charge in [-0.2, -0.15) is 0 Å². The zero-order chi connectivity index (χ0) is 16.4. The zero-order valence-electron chi connectivity index (χ0n) is 13.6. The van der Waals surface area contributed by atoms with Gasteiger partial charge in [-0.3, -0.25) is 4.90 Å². The molecule has 128 valence electrons. The molecule has 1 aromatic rings. The van der Waals surface area contributed by atoms with Crippen molar-refractivity contribution < 1.29 is 13.5 Å². The minimum Gasteiger partial charge on any atom is -0.391 e. The molecule has 0 radical (unpaired) electrons. The average molecular weight is 339 g/mol. The van der Waals surface area contributed by atoms with E-state index in [9.17, 15) is 13.5 Å². The molecule has 0 bridgehead atoms. The third kappa shape index (κ3) is 3.72. The van der Waals surface area contributed by atoms with Gasteiger partial charge in [0.05, 0.1) is 11.8 Å². The number of hydrogen-bond donors (Lipinski definition) is 1. The lowest BCUT2D eigenvalue weighted by Gasteiger charge is -2.41. The molecule has 6 nitrogen and oxygen atoms in total. The quantitative estimate of drug-likeness (QED) is 0.895. The fourth-order valence-corrected chi connectivity index (χ4v) is 4.79. The number of hydrogen-bond acceptors (Lipinski definition) is 6. The molecule has 2 atom stereocenters. The Kier molecular flexibility index (Phi) is 4.98. The molecule has 0 unspecified atom stereocenters. The van der Waals surface area contributed by atoms with E-state index in [1.165, 1.54) is 25.2 Å². The molecule has 7 heteroatoms. The van der Waals surface area contributed by atoms with Crippen LogP contribution in [-0.4, -0.2) is 59.9 Å². The smallest absolute Gasteiger partial charge is 0.178 e. The van der Waals surface area contributed by atoms with Crippen molar-refractivity contribution in [2.75, 3.05) is 19.3 Å². The third-order valence-electron chi connectivity index (χ3n) is 5.19. The molecular weight excluding hydrogens is 314 g/mol. The topological polar surface area (TPSA) is 83.4 Å². The van der Waals surface area contributed by atoms with E-state index in [0.717, 1.165) is 45.2 Å². The molecule has 1 N–H and O–H groups in total. The monoisotopic (exact) mass is 339 g/mol. The first kappa shape index (κ1) is 16.8. The third-order valence-corrected chi connectivity index (χ3v) is 6.30. The van der Waals surface area contributed by atoms with E-state index < -0.39 is 9.84 Å². The number of aromatic nitrogens is 2. The highest BCUT2D eigenvalue weighted by atomic mass is 32.2. The summed E-state index contributed by atoms with van der Waals surface area (Å²) in [6, 6.07) is 0.268.